The maximum Gasteiger partial charge on any atom is 0.0237 e. The van der Waals surface area contributed by atoms with Crippen LogP contribution in [0.1, 0.15) is 0 Å². The first-order valence-corrected chi connectivity index (χ1v) is 1.78. The van der Waals surface area contributed by atoms with Crippen molar-refractivity contribution in [2.75, 3.05) is 13.1 Å². The van der Waals surface area contributed by atoms with Gasteiger partial charge >= 0.3 is 0 Å². The summed E-state index contributed by atoms with van der Waals surface area (Å²) in [4.78, 5) is 0. The van der Waals surface area contributed by atoms with E-state index in [1.807, 2.05) is 0 Å². The second kappa shape index (κ2) is 4.84. The lowest BCUT2D eigenvalue weighted by atomic mass is 10.7. The highest BCUT2D eigenvalue weighted by atomic mass is 15.3. The second-order valence-corrected chi connectivity index (χ2v) is 0.908. The molecule has 0 fully saturated rings. The van der Waals surface area contributed by atoms with E-state index in [0.29, 0.717) is 13.1 Å². The monoisotopic (exact) mass is 90.1 g/mol. The molecule has 0 heterocycles. The minimum Gasteiger partial charge on any atom is -0.271 e. The molecule has 0 rings (SSSR count). The average Bonchev–Trinajstić information content (AvgIpc) is 1.61. The van der Waals surface area contributed by atoms with Crippen LogP contribution in [0.5, 0.6) is 0 Å². The van der Waals surface area contributed by atoms with E-state index in [4.69, 9.17) is 11.7 Å². The molecule has 0 bridgehead atoms. The molecular weight excluding hydrogens is 80.1 g/mol. The van der Waals surface area contributed by atoms with Crippen LogP contribution in [-0.2, 0) is 0 Å². The summed E-state index contributed by atoms with van der Waals surface area (Å²) in [5.74, 6) is 9.74. The van der Waals surface area contributed by atoms with Crippen molar-refractivity contribution in [3.05, 3.63) is 0 Å². The lowest BCUT2D eigenvalue weighted by molar-refractivity contribution is 0.649. The summed E-state index contributed by atoms with van der Waals surface area (Å²) in [5, 5.41) is 0. The number of hydrogen-bond acceptors (Lipinski definition) is 4. The van der Waals surface area contributed by atoms with E-state index < -0.39 is 0 Å². The van der Waals surface area contributed by atoms with E-state index in [2.05, 4.69) is 10.9 Å². The third kappa shape index (κ3) is 3.84. The van der Waals surface area contributed by atoms with Crippen molar-refractivity contribution < 1.29 is 0 Å². The molecule has 0 aliphatic rings. The molecule has 0 aliphatic heterocycles. The Labute approximate surface area is 36.8 Å². The van der Waals surface area contributed by atoms with Crippen LogP contribution in [0.2, 0.25) is 0 Å². The quantitative estimate of drug-likeness (QED) is 0.182. The van der Waals surface area contributed by atoms with Gasteiger partial charge in [-0.2, -0.15) is 0 Å². The predicted molar refractivity (Wildman–Crippen MR) is 24.4 cm³/mol. The standard InChI is InChI=1S/C2H10N4/c3-5-1-2-6-4/h5-6H,1-4H2. The number of hydrazine groups is 2. The zero-order chi connectivity index (χ0) is 4.83. The zero-order valence-corrected chi connectivity index (χ0v) is 3.57. The second-order valence-electron chi connectivity index (χ2n) is 0.908. The highest BCUT2D eigenvalue weighted by Crippen LogP contribution is 1.39. The lowest BCUT2D eigenvalue weighted by Gasteiger charge is -1.92. The van der Waals surface area contributed by atoms with Crippen LogP contribution in [0.4, 0.5) is 0 Å². The van der Waals surface area contributed by atoms with Gasteiger partial charge in [-0.05, 0) is 0 Å². The smallest absolute Gasteiger partial charge is 0.0237 e. The molecule has 0 saturated heterocycles. The molecule has 0 aromatic rings. The molecule has 6 N–H and O–H groups in total. The molecule has 4 heteroatoms. The van der Waals surface area contributed by atoms with Crippen LogP contribution in [0.25, 0.3) is 0 Å². The number of nitrogens with two attached hydrogens (primary N) is 2. The molecule has 0 spiro atoms. The van der Waals surface area contributed by atoms with E-state index in [-0.39, 0.29) is 0 Å². The molecule has 4 nitrogen and oxygen atoms in total. The van der Waals surface area contributed by atoms with Gasteiger partial charge in [-0.3, -0.25) is 22.5 Å². The Hall–Kier alpha value is -0.160. The van der Waals surface area contributed by atoms with Crippen LogP contribution in [0.3, 0.4) is 0 Å². The molecule has 0 saturated carbocycles. The first-order valence-electron chi connectivity index (χ1n) is 1.78. The van der Waals surface area contributed by atoms with Crippen molar-refractivity contribution in [2.45, 2.75) is 0 Å². The number of rotatable bonds is 3. The molecular formula is C2H10N4. The van der Waals surface area contributed by atoms with Gasteiger partial charge in [-0.1, -0.05) is 0 Å². The topological polar surface area (TPSA) is 76.1 Å². The van der Waals surface area contributed by atoms with Crippen molar-refractivity contribution >= 4 is 0 Å². The van der Waals surface area contributed by atoms with Gasteiger partial charge in [-0.15, -0.1) is 0 Å². The molecule has 0 aliphatic carbocycles. The van der Waals surface area contributed by atoms with Crippen LogP contribution < -0.4 is 22.5 Å². The summed E-state index contributed by atoms with van der Waals surface area (Å²) in [6.07, 6.45) is 0. The zero-order valence-electron chi connectivity index (χ0n) is 3.57. The van der Waals surface area contributed by atoms with E-state index in [1.54, 1.807) is 0 Å². The molecule has 0 amide bonds. The molecule has 6 heavy (non-hydrogen) atoms. The van der Waals surface area contributed by atoms with Gasteiger partial charge < -0.3 is 0 Å². The fourth-order valence-corrected chi connectivity index (χ4v) is 0.144. The van der Waals surface area contributed by atoms with Crippen molar-refractivity contribution in [1.82, 2.24) is 10.9 Å². The summed E-state index contributed by atoms with van der Waals surface area (Å²) < 4.78 is 0. The molecule has 0 radical (unpaired) electrons. The average molecular weight is 90.1 g/mol. The maximum atomic E-state index is 4.87. The van der Waals surface area contributed by atoms with Gasteiger partial charge in [0.25, 0.3) is 0 Å². The van der Waals surface area contributed by atoms with E-state index in [1.165, 1.54) is 0 Å². The van der Waals surface area contributed by atoms with Crippen LogP contribution >= 0.6 is 0 Å². The normalized spacial score (nSPS) is 9.00. The van der Waals surface area contributed by atoms with Crippen molar-refractivity contribution in [3.8, 4) is 0 Å². The number of nitrogens with one attached hydrogen (secondary N) is 2. The van der Waals surface area contributed by atoms with Gasteiger partial charge in [0.15, 0.2) is 0 Å². The first kappa shape index (κ1) is 5.84. The Morgan fingerprint density at radius 2 is 1.33 bits per heavy atom. The third-order valence-electron chi connectivity index (χ3n) is 0.414. The molecule has 0 aromatic heterocycles. The summed E-state index contributed by atoms with van der Waals surface area (Å²) in [7, 11) is 0. The summed E-state index contributed by atoms with van der Waals surface area (Å²) in [6, 6.07) is 0. The van der Waals surface area contributed by atoms with Crippen molar-refractivity contribution in [3.63, 3.8) is 0 Å². The minimum atomic E-state index is 0.705. The minimum absolute atomic E-state index is 0.705. The Kier molecular flexibility index (Phi) is 4.71. The summed E-state index contributed by atoms with van der Waals surface area (Å²) in [6.45, 7) is 1.41. The maximum absolute atomic E-state index is 4.87. The Morgan fingerprint density at radius 1 is 1.00 bits per heavy atom. The molecule has 0 atom stereocenters. The molecule has 38 valence electrons. The molecule has 0 unspecified atom stereocenters. The predicted octanol–water partition coefficient (Wildman–Crippen LogP) is -2.09. The SMILES string of the molecule is NNCCNN. The highest BCUT2D eigenvalue weighted by molar-refractivity contribution is 4.35. The third-order valence-corrected chi connectivity index (χ3v) is 0.414. The van der Waals surface area contributed by atoms with Crippen LogP contribution in [0, 0.1) is 0 Å². The Bertz CT molecular complexity index is 17.5. The van der Waals surface area contributed by atoms with Gasteiger partial charge in [0.05, 0.1) is 0 Å². The van der Waals surface area contributed by atoms with Crippen molar-refractivity contribution in [1.29, 1.82) is 0 Å². The highest BCUT2D eigenvalue weighted by Gasteiger charge is 1.71. The fourth-order valence-electron chi connectivity index (χ4n) is 0.144. The molecule has 0 aromatic carbocycles. The van der Waals surface area contributed by atoms with E-state index >= 15 is 0 Å². The van der Waals surface area contributed by atoms with Gasteiger partial charge in [0.1, 0.15) is 0 Å². The van der Waals surface area contributed by atoms with E-state index in [9.17, 15) is 0 Å². The fraction of sp³-hybridized carbons (Fsp3) is 1.00. The Balaban J connectivity index is 2.34. The Morgan fingerprint density at radius 3 is 1.50 bits per heavy atom. The summed E-state index contributed by atoms with van der Waals surface area (Å²) >= 11 is 0. The van der Waals surface area contributed by atoms with E-state index in [0.717, 1.165) is 0 Å². The lowest BCUT2D eigenvalue weighted by Crippen LogP contribution is -2.34. The largest absolute Gasteiger partial charge is 0.271 e. The first-order chi connectivity index (χ1) is 2.91. The summed E-state index contributed by atoms with van der Waals surface area (Å²) in [5.41, 5.74) is 4.85. The van der Waals surface area contributed by atoms with Crippen LogP contribution in [-0.4, -0.2) is 13.1 Å². The van der Waals surface area contributed by atoms with Gasteiger partial charge in [0, 0.05) is 13.1 Å². The van der Waals surface area contributed by atoms with Crippen molar-refractivity contribution in [2.24, 2.45) is 11.7 Å². The van der Waals surface area contributed by atoms with Gasteiger partial charge in [-0.25, -0.2) is 0 Å². The van der Waals surface area contributed by atoms with Crippen LogP contribution in [0.15, 0.2) is 0 Å². The number of hydrogen-bond donors (Lipinski definition) is 4. The van der Waals surface area contributed by atoms with Gasteiger partial charge in [0.2, 0.25) is 0 Å².